The van der Waals surface area contributed by atoms with E-state index >= 15 is 0 Å². The quantitative estimate of drug-likeness (QED) is 0.851. The third kappa shape index (κ3) is 2.63. The molecule has 1 aliphatic heterocycles. The van der Waals surface area contributed by atoms with Crippen LogP contribution in [0.1, 0.15) is 11.1 Å². The zero-order chi connectivity index (χ0) is 13.9. The van der Waals surface area contributed by atoms with Crippen molar-refractivity contribution in [3.63, 3.8) is 0 Å². The number of phenolic OH excluding ortho intramolecular Hbond substituents is 1. The first-order chi connectivity index (χ1) is 9.78. The van der Waals surface area contributed by atoms with Crippen LogP contribution >= 0.6 is 11.8 Å². The summed E-state index contributed by atoms with van der Waals surface area (Å²) in [6.45, 7) is 2.05. The van der Waals surface area contributed by atoms with Gasteiger partial charge in [-0.3, -0.25) is 0 Å². The van der Waals surface area contributed by atoms with Crippen LogP contribution in [0.4, 0.5) is 5.69 Å². The molecule has 0 amide bonds. The van der Waals surface area contributed by atoms with Crippen molar-refractivity contribution in [1.29, 1.82) is 0 Å². The lowest BCUT2D eigenvalue weighted by Gasteiger charge is -2.22. The summed E-state index contributed by atoms with van der Waals surface area (Å²) in [5, 5.41) is 10.0. The third-order valence-corrected chi connectivity index (χ3v) is 4.69. The molecule has 0 saturated heterocycles. The molecule has 0 spiro atoms. The van der Waals surface area contributed by atoms with Crippen molar-refractivity contribution in [1.82, 2.24) is 0 Å². The Bertz CT molecular complexity index is 597. The number of thioether (sulfide) groups is 1. The first-order valence-electron chi connectivity index (χ1n) is 6.96. The van der Waals surface area contributed by atoms with E-state index in [-0.39, 0.29) is 0 Å². The Balaban J connectivity index is 1.85. The molecule has 2 aromatic carbocycles. The molecule has 20 heavy (non-hydrogen) atoms. The van der Waals surface area contributed by atoms with E-state index in [9.17, 15) is 5.11 Å². The summed E-state index contributed by atoms with van der Waals surface area (Å²) in [5.41, 5.74) is 3.96. The minimum Gasteiger partial charge on any atom is -0.507 e. The highest BCUT2D eigenvalue weighted by Gasteiger charge is 2.16. The number of hydrogen-bond donors (Lipinski definition) is 1. The second-order valence-electron chi connectivity index (χ2n) is 5.12. The first kappa shape index (κ1) is 13.4. The molecular formula is C17H19NOS. The van der Waals surface area contributed by atoms with Crippen LogP contribution in [0.5, 0.6) is 5.75 Å². The van der Waals surface area contributed by atoms with Crippen molar-refractivity contribution in [2.24, 2.45) is 0 Å². The molecule has 0 saturated carbocycles. The topological polar surface area (TPSA) is 23.5 Å². The fourth-order valence-corrected chi connectivity index (χ4v) is 3.33. The maximum atomic E-state index is 10.0. The van der Waals surface area contributed by atoms with Crippen LogP contribution in [0, 0.1) is 0 Å². The van der Waals surface area contributed by atoms with Crippen molar-refractivity contribution in [3.8, 4) is 5.75 Å². The van der Waals surface area contributed by atoms with E-state index in [0.717, 1.165) is 30.8 Å². The molecule has 0 aliphatic carbocycles. The summed E-state index contributed by atoms with van der Waals surface area (Å²) < 4.78 is 0. The van der Waals surface area contributed by atoms with E-state index in [0.29, 0.717) is 5.75 Å². The van der Waals surface area contributed by atoms with Gasteiger partial charge in [0.05, 0.1) is 0 Å². The number of phenols is 1. The lowest BCUT2D eigenvalue weighted by atomic mass is 10.0. The first-order valence-corrected chi connectivity index (χ1v) is 8.19. The Morgan fingerprint density at radius 1 is 1.00 bits per heavy atom. The molecule has 0 fully saturated rings. The summed E-state index contributed by atoms with van der Waals surface area (Å²) in [6, 6.07) is 14.7. The van der Waals surface area contributed by atoms with Crippen LogP contribution in [0.3, 0.4) is 0 Å². The average molecular weight is 285 g/mol. The highest BCUT2D eigenvalue weighted by atomic mass is 32.2. The highest BCUT2D eigenvalue weighted by molar-refractivity contribution is 7.98. The fraction of sp³-hybridized carbons (Fsp3) is 0.294. The van der Waals surface area contributed by atoms with Gasteiger partial charge in [-0.15, -0.1) is 11.8 Å². The Hall–Kier alpha value is -1.61. The monoisotopic (exact) mass is 285 g/mol. The summed E-state index contributed by atoms with van der Waals surface area (Å²) in [7, 11) is 0. The number of aromatic hydroxyl groups is 1. The van der Waals surface area contributed by atoms with Gasteiger partial charge < -0.3 is 10.0 Å². The molecule has 0 unspecified atom stereocenters. The third-order valence-electron chi connectivity index (χ3n) is 3.92. The molecule has 1 heterocycles. The van der Waals surface area contributed by atoms with Gasteiger partial charge in [-0.2, -0.15) is 0 Å². The maximum absolute atomic E-state index is 10.0. The van der Waals surface area contributed by atoms with Gasteiger partial charge in [0.15, 0.2) is 0 Å². The summed E-state index contributed by atoms with van der Waals surface area (Å²) in [6.07, 6.45) is 4.04. The average Bonchev–Trinajstić information content (AvgIpc) is 2.69. The minimum absolute atomic E-state index is 0.421. The lowest BCUT2D eigenvalue weighted by Crippen LogP contribution is -2.25. The van der Waals surface area contributed by atoms with Crippen LogP contribution in [-0.4, -0.2) is 24.5 Å². The predicted octanol–water partition coefficient (Wildman–Crippen LogP) is 3.72. The van der Waals surface area contributed by atoms with Gasteiger partial charge >= 0.3 is 0 Å². The molecule has 0 radical (unpaired) electrons. The maximum Gasteiger partial charge on any atom is 0.129 e. The second kappa shape index (κ2) is 5.80. The number of para-hydroxylation sites is 1. The standard InChI is InChI=1S/C17H19NOS/c1-20-17-12-14-8-10-18(15-5-3-2-4-6-15)9-7-13(14)11-16(17)19/h2-6,11-12,19H,7-10H2,1H3. The molecule has 3 rings (SSSR count). The van der Waals surface area contributed by atoms with Crippen molar-refractivity contribution in [2.75, 3.05) is 24.2 Å². The Labute approximate surface area is 124 Å². The van der Waals surface area contributed by atoms with Crippen LogP contribution < -0.4 is 4.90 Å². The number of anilines is 1. The van der Waals surface area contributed by atoms with Gasteiger partial charge in [0.2, 0.25) is 0 Å². The molecule has 2 aromatic rings. The minimum atomic E-state index is 0.421. The van der Waals surface area contributed by atoms with E-state index < -0.39 is 0 Å². The molecule has 0 bridgehead atoms. The molecular weight excluding hydrogens is 266 g/mol. The molecule has 1 N–H and O–H groups in total. The largest absolute Gasteiger partial charge is 0.507 e. The van der Waals surface area contributed by atoms with E-state index in [4.69, 9.17) is 0 Å². The van der Waals surface area contributed by atoms with Gasteiger partial charge in [0, 0.05) is 23.7 Å². The fourth-order valence-electron chi connectivity index (χ4n) is 2.80. The number of hydrogen-bond acceptors (Lipinski definition) is 3. The number of nitrogens with zero attached hydrogens (tertiary/aromatic N) is 1. The SMILES string of the molecule is CSc1cc2c(cc1O)CCN(c1ccccc1)CC2. The zero-order valence-electron chi connectivity index (χ0n) is 11.7. The van der Waals surface area contributed by atoms with E-state index in [2.05, 4.69) is 41.3 Å². The molecule has 1 aliphatic rings. The predicted molar refractivity (Wildman–Crippen MR) is 86.0 cm³/mol. The van der Waals surface area contributed by atoms with Crippen molar-refractivity contribution in [3.05, 3.63) is 53.6 Å². The molecule has 0 atom stereocenters. The normalized spacial score (nSPS) is 14.8. The van der Waals surface area contributed by atoms with Crippen LogP contribution in [-0.2, 0) is 12.8 Å². The lowest BCUT2D eigenvalue weighted by molar-refractivity contribution is 0.461. The molecule has 2 nitrogen and oxygen atoms in total. The number of rotatable bonds is 2. The van der Waals surface area contributed by atoms with Crippen molar-refractivity contribution in [2.45, 2.75) is 17.7 Å². The van der Waals surface area contributed by atoms with Gasteiger partial charge in [0.25, 0.3) is 0 Å². The summed E-state index contributed by atoms with van der Waals surface area (Å²) >= 11 is 1.61. The van der Waals surface area contributed by atoms with Crippen molar-refractivity contribution < 1.29 is 5.11 Å². The summed E-state index contributed by atoms with van der Waals surface area (Å²) in [5.74, 6) is 0.421. The number of fused-ring (bicyclic) bond motifs is 1. The van der Waals surface area contributed by atoms with Gasteiger partial charge in [-0.05, 0) is 54.5 Å². The second-order valence-corrected chi connectivity index (χ2v) is 5.96. The molecule has 3 heteroatoms. The van der Waals surface area contributed by atoms with Gasteiger partial charge in [0.1, 0.15) is 5.75 Å². The Morgan fingerprint density at radius 3 is 2.30 bits per heavy atom. The van der Waals surface area contributed by atoms with E-state index in [1.807, 2.05) is 12.3 Å². The van der Waals surface area contributed by atoms with Gasteiger partial charge in [-0.1, -0.05) is 18.2 Å². The smallest absolute Gasteiger partial charge is 0.129 e. The summed E-state index contributed by atoms with van der Waals surface area (Å²) in [4.78, 5) is 3.41. The Kier molecular flexibility index (Phi) is 3.88. The van der Waals surface area contributed by atoms with Crippen LogP contribution in [0.25, 0.3) is 0 Å². The van der Waals surface area contributed by atoms with E-state index in [1.54, 1.807) is 11.8 Å². The van der Waals surface area contributed by atoms with E-state index in [1.165, 1.54) is 16.8 Å². The van der Waals surface area contributed by atoms with Crippen molar-refractivity contribution >= 4 is 17.4 Å². The van der Waals surface area contributed by atoms with Gasteiger partial charge in [-0.25, -0.2) is 0 Å². The Morgan fingerprint density at radius 2 is 1.65 bits per heavy atom. The van der Waals surface area contributed by atoms with Crippen LogP contribution in [0.2, 0.25) is 0 Å². The molecule has 0 aromatic heterocycles. The highest BCUT2D eigenvalue weighted by Crippen LogP contribution is 2.32. The van der Waals surface area contributed by atoms with Crippen LogP contribution in [0.15, 0.2) is 47.4 Å². The molecule has 104 valence electrons. The zero-order valence-corrected chi connectivity index (χ0v) is 12.5. The number of benzene rings is 2.